The lowest BCUT2D eigenvalue weighted by molar-refractivity contribution is -0.133. The zero-order chi connectivity index (χ0) is 7.98. The van der Waals surface area contributed by atoms with Gasteiger partial charge in [-0.3, -0.25) is 4.79 Å². The van der Waals surface area contributed by atoms with Gasteiger partial charge in [0, 0.05) is 6.08 Å². The first kappa shape index (κ1) is 8.26. The van der Waals surface area contributed by atoms with Crippen LogP contribution in [-0.2, 0) is 9.59 Å². The fraction of sp³-hybridized carbons (Fsp3) is 0. The fourth-order valence-electron chi connectivity index (χ4n) is 0.278. The summed E-state index contributed by atoms with van der Waals surface area (Å²) >= 11 is 0. The Morgan fingerprint density at radius 2 is 2.20 bits per heavy atom. The lowest BCUT2D eigenvalue weighted by Gasteiger charge is -1.74. The maximum Gasteiger partial charge on any atom is 0.419 e. The van der Waals surface area contributed by atoms with E-state index in [0.717, 1.165) is 12.2 Å². The third-order valence-electron chi connectivity index (χ3n) is 0.660. The van der Waals surface area contributed by atoms with Gasteiger partial charge in [-0.25, -0.2) is 4.79 Å². The van der Waals surface area contributed by atoms with Crippen LogP contribution in [0.2, 0.25) is 0 Å². The Balaban J connectivity index is 4.41. The number of carbonyl (C=O) groups is 2. The first-order valence-corrected chi connectivity index (χ1v) is 2.29. The fourth-order valence-corrected chi connectivity index (χ4v) is 0.278. The average molecular weight is 140 g/mol. The number of carboxylic acid groups (broad SMARTS) is 1. The van der Waals surface area contributed by atoms with Crippen molar-refractivity contribution in [2.24, 2.45) is 0 Å². The Bertz CT molecular complexity index is 225. The largest absolute Gasteiger partial charge is 0.472 e. The average Bonchev–Trinajstić information content (AvgIpc) is 1.89. The molecule has 0 atom stereocenters. The van der Waals surface area contributed by atoms with Crippen molar-refractivity contribution in [3.8, 4) is 0 Å². The van der Waals surface area contributed by atoms with Gasteiger partial charge in [-0.15, -0.1) is 0 Å². The van der Waals surface area contributed by atoms with Gasteiger partial charge < -0.3 is 10.6 Å². The van der Waals surface area contributed by atoms with Crippen molar-refractivity contribution >= 4 is 18.0 Å². The van der Waals surface area contributed by atoms with E-state index in [4.69, 9.17) is 10.6 Å². The van der Waals surface area contributed by atoms with Crippen LogP contribution in [-0.4, -0.2) is 27.9 Å². The topological polar surface area (TPSA) is 90.8 Å². The van der Waals surface area contributed by atoms with E-state index in [9.17, 15) is 9.59 Å². The molecule has 0 heterocycles. The van der Waals surface area contributed by atoms with Crippen LogP contribution in [0.3, 0.4) is 0 Å². The molecule has 0 saturated carbocycles. The molecule has 1 N–H and O–H groups in total. The number of carbonyl (C=O) groups excluding carboxylic acids is 1. The molecule has 0 radical (unpaired) electrons. The van der Waals surface area contributed by atoms with Crippen LogP contribution in [0.4, 0.5) is 0 Å². The number of aliphatic carboxylic acids is 1. The number of hydrogen-bond donors (Lipinski definition) is 1. The van der Waals surface area contributed by atoms with Crippen molar-refractivity contribution in [3.63, 3.8) is 0 Å². The van der Waals surface area contributed by atoms with Crippen molar-refractivity contribution in [2.75, 3.05) is 0 Å². The van der Waals surface area contributed by atoms with E-state index < -0.39 is 11.7 Å². The summed E-state index contributed by atoms with van der Waals surface area (Å²) in [6, 6.07) is 0. The predicted molar refractivity (Wildman–Crippen MR) is 31.5 cm³/mol. The first-order chi connectivity index (χ1) is 4.72. The Labute approximate surface area is 56.2 Å². The van der Waals surface area contributed by atoms with E-state index >= 15 is 0 Å². The van der Waals surface area contributed by atoms with Crippen LogP contribution in [0.25, 0.3) is 5.53 Å². The molecule has 0 unspecified atom stereocenters. The molecule has 0 rings (SSSR count). The Morgan fingerprint density at radius 3 is 2.50 bits per heavy atom. The number of hydrogen-bond acceptors (Lipinski definition) is 2. The maximum absolute atomic E-state index is 9.98. The summed E-state index contributed by atoms with van der Waals surface area (Å²) in [7, 11) is 0. The molecule has 0 amide bonds. The molecule has 0 aliphatic heterocycles. The van der Waals surface area contributed by atoms with Crippen LogP contribution < -0.4 is 0 Å². The second kappa shape index (κ2) is 4.17. The van der Waals surface area contributed by atoms with Crippen molar-refractivity contribution in [3.05, 3.63) is 17.7 Å². The summed E-state index contributed by atoms with van der Waals surface area (Å²) < 4.78 is 0. The second-order valence-corrected chi connectivity index (χ2v) is 1.29. The molecular formula is C5H4N2O3. The summed E-state index contributed by atoms with van der Waals surface area (Å²) in [5.41, 5.74) is 7.39. The van der Waals surface area contributed by atoms with Crippen molar-refractivity contribution in [1.29, 1.82) is 0 Å². The van der Waals surface area contributed by atoms with E-state index in [1.165, 1.54) is 0 Å². The Hall–Kier alpha value is -1.74. The molecule has 0 saturated heterocycles. The quantitative estimate of drug-likeness (QED) is 0.188. The minimum atomic E-state index is -1.39. The summed E-state index contributed by atoms with van der Waals surface area (Å²) in [6.07, 6.45) is 2.19. The molecule has 0 bridgehead atoms. The minimum Gasteiger partial charge on any atom is -0.472 e. The lowest BCUT2D eigenvalue weighted by atomic mass is 10.3. The van der Waals surface area contributed by atoms with Crippen LogP contribution in [0.15, 0.2) is 12.2 Å². The smallest absolute Gasteiger partial charge is 0.419 e. The molecule has 0 spiro atoms. The van der Waals surface area contributed by atoms with Crippen LogP contribution in [0.5, 0.6) is 0 Å². The van der Waals surface area contributed by atoms with Gasteiger partial charge in [0.15, 0.2) is 0 Å². The summed E-state index contributed by atoms with van der Waals surface area (Å²) in [4.78, 5) is 22.0. The number of allylic oxidation sites excluding steroid dienone is 1. The summed E-state index contributed by atoms with van der Waals surface area (Å²) in [5, 5.41) is 8.14. The second-order valence-electron chi connectivity index (χ2n) is 1.29. The van der Waals surface area contributed by atoms with Gasteiger partial charge in [-0.2, -0.15) is 4.79 Å². The van der Waals surface area contributed by atoms with Gasteiger partial charge >= 0.3 is 11.7 Å². The number of nitrogens with zero attached hydrogens (tertiary/aromatic N) is 2. The molecule has 0 aromatic heterocycles. The highest BCUT2D eigenvalue weighted by molar-refractivity contribution is 6.38. The van der Waals surface area contributed by atoms with E-state index in [2.05, 4.69) is 4.79 Å². The van der Waals surface area contributed by atoms with E-state index in [1.807, 2.05) is 0 Å². The van der Waals surface area contributed by atoms with Crippen LogP contribution in [0.1, 0.15) is 0 Å². The standard InChI is InChI=1S/C5H4N2O3/c6-7-4(5(9)10)2-1-3-8/h1-3H,(H,9,10). The van der Waals surface area contributed by atoms with Crippen LogP contribution in [0, 0.1) is 0 Å². The zero-order valence-electron chi connectivity index (χ0n) is 4.89. The van der Waals surface area contributed by atoms with E-state index in [0.29, 0.717) is 6.29 Å². The first-order valence-electron chi connectivity index (χ1n) is 2.29. The van der Waals surface area contributed by atoms with Gasteiger partial charge in [-0.05, 0) is 6.08 Å². The lowest BCUT2D eigenvalue weighted by Crippen LogP contribution is -2.10. The molecule has 0 fully saturated rings. The van der Waals surface area contributed by atoms with Gasteiger partial charge in [0.25, 0.3) is 0 Å². The highest BCUT2D eigenvalue weighted by Gasteiger charge is 2.12. The number of carboxylic acids is 1. The molecule has 5 heteroatoms. The minimum absolute atomic E-state index is 0.383. The zero-order valence-corrected chi connectivity index (χ0v) is 4.89. The van der Waals surface area contributed by atoms with E-state index in [-0.39, 0.29) is 0 Å². The predicted octanol–water partition coefficient (Wildman–Crippen LogP) is -0.503. The Morgan fingerprint density at radius 1 is 1.60 bits per heavy atom. The highest BCUT2D eigenvalue weighted by Crippen LogP contribution is 1.74. The highest BCUT2D eigenvalue weighted by atomic mass is 16.4. The van der Waals surface area contributed by atoms with Gasteiger partial charge in [0.1, 0.15) is 6.29 Å². The van der Waals surface area contributed by atoms with Crippen molar-refractivity contribution in [1.82, 2.24) is 0 Å². The van der Waals surface area contributed by atoms with Gasteiger partial charge in [-0.1, -0.05) is 0 Å². The number of rotatable bonds is 3. The van der Waals surface area contributed by atoms with Gasteiger partial charge in [0.05, 0.1) is 0 Å². The molecule has 0 aliphatic rings. The monoisotopic (exact) mass is 140 g/mol. The maximum atomic E-state index is 9.98. The molecule has 0 aromatic rings. The van der Waals surface area contributed by atoms with Crippen LogP contribution >= 0.6 is 0 Å². The SMILES string of the molecule is [N-]=[N+]=C(C=CC=O)C(=O)O. The van der Waals surface area contributed by atoms with Crippen molar-refractivity contribution in [2.45, 2.75) is 0 Å². The third-order valence-corrected chi connectivity index (χ3v) is 0.660. The molecule has 10 heavy (non-hydrogen) atoms. The molecular weight excluding hydrogens is 136 g/mol. The molecule has 0 aromatic carbocycles. The molecule has 5 nitrogen and oxygen atoms in total. The summed E-state index contributed by atoms with van der Waals surface area (Å²) in [5.74, 6) is -1.39. The molecule has 0 aliphatic carbocycles. The van der Waals surface area contributed by atoms with E-state index in [1.54, 1.807) is 0 Å². The number of aldehydes is 1. The normalized spacial score (nSPS) is 8.80. The third kappa shape index (κ3) is 2.54. The molecule has 52 valence electrons. The van der Waals surface area contributed by atoms with Gasteiger partial charge in [0.2, 0.25) is 0 Å². The Kier molecular flexibility index (Phi) is 3.44. The summed E-state index contributed by atoms with van der Waals surface area (Å²) in [6.45, 7) is 0. The van der Waals surface area contributed by atoms with Crippen molar-refractivity contribution < 1.29 is 19.5 Å².